The van der Waals surface area contributed by atoms with E-state index in [1.54, 1.807) is 6.20 Å². The molecule has 4 rings (SSSR count). The molecule has 3 heterocycles. The van der Waals surface area contributed by atoms with Gasteiger partial charge in [-0.05, 0) is 42.5 Å². The summed E-state index contributed by atoms with van der Waals surface area (Å²) in [7, 11) is 0. The Labute approximate surface area is 150 Å². The van der Waals surface area contributed by atoms with Gasteiger partial charge < -0.3 is 14.6 Å². The molecule has 0 saturated carbocycles. The minimum Gasteiger partial charge on any atom is -0.490 e. The first-order valence-electron chi connectivity index (χ1n) is 8.34. The number of ether oxygens (including phenoxy) is 1. The van der Waals surface area contributed by atoms with Crippen LogP contribution in [0.3, 0.4) is 0 Å². The number of aromatic nitrogens is 2. The summed E-state index contributed by atoms with van der Waals surface area (Å²) < 4.78 is 5.98. The number of halogens is 1. The maximum absolute atomic E-state index is 12.7. The van der Waals surface area contributed by atoms with Gasteiger partial charge in [-0.2, -0.15) is 0 Å². The normalized spacial score (nSPS) is 15.5. The van der Waals surface area contributed by atoms with E-state index in [2.05, 4.69) is 9.97 Å². The van der Waals surface area contributed by atoms with E-state index in [0.717, 1.165) is 29.6 Å². The summed E-state index contributed by atoms with van der Waals surface area (Å²) in [6, 6.07) is 13.0. The molecule has 128 valence electrons. The number of nitrogens with one attached hydrogen (secondary N) is 1. The summed E-state index contributed by atoms with van der Waals surface area (Å²) in [4.78, 5) is 22.0. The highest BCUT2D eigenvalue weighted by Gasteiger charge is 2.25. The monoisotopic (exact) mass is 355 g/mol. The van der Waals surface area contributed by atoms with Gasteiger partial charge in [-0.1, -0.05) is 11.6 Å². The second kappa shape index (κ2) is 6.76. The molecule has 6 heteroatoms. The van der Waals surface area contributed by atoms with Crippen LogP contribution in [0.25, 0.3) is 11.0 Å². The molecule has 1 N–H and O–H groups in total. The summed E-state index contributed by atoms with van der Waals surface area (Å²) >= 11 is 5.89. The van der Waals surface area contributed by atoms with Crippen molar-refractivity contribution in [2.75, 3.05) is 13.1 Å². The van der Waals surface area contributed by atoms with Crippen molar-refractivity contribution < 1.29 is 9.53 Å². The highest BCUT2D eigenvalue weighted by atomic mass is 35.5. The molecular weight excluding hydrogens is 338 g/mol. The van der Waals surface area contributed by atoms with Crippen LogP contribution in [0, 0.1) is 0 Å². The van der Waals surface area contributed by atoms with Gasteiger partial charge in [-0.25, -0.2) is 0 Å². The molecule has 1 aromatic carbocycles. The number of aromatic amines is 1. The van der Waals surface area contributed by atoms with Gasteiger partial charge in [0.2, 0.25) is 0 Å². The van der Waals surface area contributed by atoms with Gasteiger partial charge in [0.1, 0.15) is 17.5 Å². The van der Waals surface area contributed by atoms with E-state index < -0.39 is 0 Å². The standard InChI is InChI=1S/C19H18ClN3O2/c20-13-3-5-14(6-4-13)25-15-7-10-23(11-8-15)19(24)18-12-17-16(22-18)2-1-9-21-17/h1-6,9,12,15,22H,7-8,10-11H2. The summed E-state index contributed by atoms with van der Waals surface area (Å²) in [5.74, 6) is 0.832. The second-order valence-electron chi connectivity index (χ2n) is 6.18. The number of H-pyrrole nitrogens is 1. The van der Waals surface area contributed by atoms with E-state index in [4.69, 9.17) is 16.3 Å². The predicted octanol–water partition coefficient (Wildman–Crippen LogP) is 3.90. The number of amides is 1. The highest BCUT2D eigenvalue weighted by molar-refractivity contribution is 6.30. The SMILES string of the molecule is O=C(c1cc2ncccc2[nH]1)N1CCC(Oc2ccc(Cl)cc2)CC1. The van der Waals surface area contributed by atoms with Crippen LogP contribution < -0.4 is 4.74 Å². The lowest BCUT2D eigenvalue weighted by molar-refractivity contribution is 0.0591. The van der Waals surface area contributed by atoms with Crippen LogP contribution in [0.4, 0.5) is 0 Å². The van der Waals surface area contributed by atoms with Crippen molar-refractivity contribution in [3.8, 4) is 5.75 Å². The van der Waals surface area contributed by atoms with Gasteiger partial charge in [-0.3, -0.25) is 9.78 Å². The predicted molar refractivity (Wildman–Crippen MR) is 97.1 cm³/mol. The number of rotatable bonds is 3. The van der Waals surface area contributed by atoms with Crippen LogP contribution in [0.1, 0.15) is 23.3 Å². The molecule has 2 aromatic heterocycles. The second-order valence-corrected chi connectivity index (χ2v) is 6.62. The Morgan fingerprint density at radius 1 is 1.20 bits per heavy atom. The number of hydrogen-bond acceptors (Lipinski definition) is 3. The van der Waals surface area contributed by atoms with E-state index in [0.29, 0.717) is 23.8 Å². The smallest absolute Gasteiger partial charge is 0.270 e. The average molecular weight is 356 g/mol. The largest absolute Gasteiger partial charge is 0.490 e. The van der Waals surface area contributed by atoms with Crippen LogP contribution in [0.2, 0.25) is 5.02 Å². The van der Waals surface area contributed by atoms with Crippen LogP contribution in [-0.2, 0) is 0 Å². The highest BCUT2D eigenvalue weighted by Crippen LogP contribution is 2.22. The molecule has 1 aliphatic rings. The summed E-state index contributed by atoms with van der Waals surface area (Å²) in [5.41, 5.74) is 2.28. The molecule has 0 bridgehead atoms. The van der Waals surface area contributed by atoms with Crippen molar-refractivity contribution in [2.24, 2.45) is 0 Å². The van der Waals surface area contributed by atoms with Gasteiger partial charge in [0.05, 0.1) is 11.0 Å². The Hall–Kier alpha value is -2.53. The van der Waals surface area contributed by atoms with E-state index in [1.807, 2.05) is 47.4 Å². The van der Waals surface area contributed by atoms with Crippen LogP contribution in [-0.4, -0.2) is 40.0 Å². The molecule has 0 radical (unpaired) electrons. The number of carbonyl (C=O) groups is 1. The van der Waals surface area contributed by atoms with Gasteiger partial charge >= 0.3 is 0 Å². The minimum absolute atomic E-state index is 0.0166. The quantitative estimate of drug-likeness (QED) is 0.775. The fraction of sp³-hybridized carbons (Fsp3) is 0.263. The van der Waals surface area contributed by atoms with Crippen molar-refractivity contribution >= 4 is 28.5 Å². The zero-order chi connectivity index (χ0) is 17.2. The third kappa shape index (κ3) is 3.46. The number of hydrogen-bond donors (Lipinski definition) is 1. The van der Waals surface area contributed by atoms with Crippen LogP contribution in [0.5, 0.6) is 5.75 Å². The summed E-state index contributed by atoms with van der Waals surface area (Å²) in [6.07, 6.45) is 3.47. The van der Waals surface area contributed by atoms with E-state index in [-0.39, 0.29) is 12.0 Å². The molecule has 1 fully saturated rings. The van der Waals surface area contributed by atoms with E-state index in [1.165, 1.54) is 0 Å². The number of pyridine rings is 1. The van der Waals surface area contributed by atoms with Crippen molar-refractivity contribution in [2.45, 2.75) is 18.9 Å². The van der Waals surface area contributed by atoms with E-state index in [9.17, 15) is 4.79 Å². The number of fused-ring (bicyclic) bond motifs is 1. The lowest BCUT2D eigenvalue weighted by atomic mass is 10.1. The molecular formula is C19H18ClN3O2. The third-order valence-corrected chi connectivity index (χ3v) is 4.72. The Morgan fingerprint density at radius 3 is 2.68 bits per heavy atom. The molecule has 1 saturated heterocycles. The Balaban J connectivity index is 1.37. The first-order valence-corrected chi connectivity index (χ1v) is 8.72. The maximum atomic E-state index is 12.7. The van der Waals surface area contributed by atoms with Crippen molar-refractivity contribution in [1.29, 1.82) is 0 Å². The maximum Gasteiger partial charge on any atom is 0.270 e. The molecule has 25 heavy (non-hydrogen) atoms. The zero-order valence-electron chi connectivity index (χ0n) is 13.6. The Kier molecular flexibility index (Phi) is 4.32. The number of piperidine rings is 1. The van der Waals surface area contributed by atoms with Gasteiger partial charge in [0.15, 0.2) is 0 Å². The minimum atomic E-state index is 0.0166. The molecule has 0 aliphatic carbocycles. The molecule has 0 unspecified atom stereocenters. The van der Waals surface area contributed by atoms with Crippen LogP contribution >= 0.6 is 11.6 Å². The lowest BCUT2D eigenvalue weighted by Crippen LogP contribution is -2.41. The van der Waals surface area contributed by atoms with Crippen LogP contribution in [0.15, 0.2) is 48.7 Å². The molecule has 1 aliphatic heterocycles. The zero-order valence-corrected chi connectivity index (χ0v) is 14.4. The van der Waals surface area contributed by atoms with Gasteiger partial charge in [-0.15, -0.1) is 0 Å². The van der Waals surface area contributed by atoms with Crippen molar-refractivity contribution in [1.82, 2.24) is 14.9 Å². The average Bonchev–Trinajstić information content (AvgIpc) is 3.08. The number of benzene rings is 1. The molecule has 0 atom stereocenters. The van der Waals surface area contributed by atoms with Gasteiger partial charge in [0, 0.05) is 37.2 Å². The lowest BCUT2D eigenvalue weighted by Gasteiger charge is -2.32. The fourth-order valence-electron chi connectivity index (χ4n) is 3.12. The first kappa shape index (κ1) is 16.0. The topological polar surface area (TPSA) is 58.2 Å². The first-order chi connectivity index (χ1) is 12.2. The third-order valence-electron chi connectivity index (χ3n) is 4.46. The van der Waals surface area contributed by atoms with Crippen molar-refractivity contribution in [3.63, 3.8) is 0 Å². The number of carbonyl (C=O) groups excluding carboxylic acids is 1. The van der Waals surface area contributed by atoms with Gasteiger partial charge in [0.25, 0.3) is 5.91 Å². The fourth-order valence-corrected chi connectivity index (χ4v) is 3.25. The molecule has 0 spiro atoms. The molecule has 5 nitrogen and oxygen atoms in total. The summed E-state index contributed by atoms with van der Waals surface area (Å²) in [5, 5.41) is 0.695. The Morgan fingerprint density at radius 2 is 1.96 bits per heavy atom. The molecule has 1 amide bonds. The number of nitrogens with zero attached hydrogens (tertiary/aromatic N) is 2. The van der Waals surface area contributed by atoms with Crippen molar-refractivity contribution in [3.05, 3.63) is 59.4 Å². The summed E-state index contributed by atoms with van der Waals surface area (Å²) in [6.45, 7) is 1.36. The Bertz CT molecular complexity index is 850. The number of likely N-dealkylation sites (tertiary alicyclic amines) is 1. The van der Waals surface area contributed by atoms with E-state index >= 15 is 0 Å². The molecule has 3 aromatic rings.